The molecule has 5 heteroatoms. The zero-order chi connectivity index (χ0) is 13.1. The quantitative estimate of drug-likeness (QED) is 0.573. The summed E-state index contributed by atoms with van der Waals surface area (Å²) in [6.07, 6.45) is 3.06. The molecule has 0 unspecified atom stereocenters. The average Bonchev–Trinajstić information content (AvgIpc) is 2.22. The Balaban J connectivity index is 3.24. The monoisotopic (exact) mass is 245 g/mol. The van der Waals surface area contributed by atoms with Crippen molar-refractivity contribution in [3.05, 3.63) is 0 Å². The van der Waals surface area contributed by atoms with E-state index in [1.807, 2.05) is 13.8 Å². The summed E-state index contributed by atoms with van der Waals surface area (Å²) in [6, 6.07) is 0. The Morgan fingerprint density at radius 1 is 1.18 bits per heavy atom. The number of hydrogen-bond acceptors (Lipinski definition) is 3. The number of unbranched alkanes of at least 4 members (excludes halogenated alkanes) is 2. The molecule has 2 N–H and O–H groups in total. The second-order valence-corrected chi connectivity index (χ2v) is 4.22. The van der Waals surface area contributed by atoms with E-state index in [-0.39, 0.29) is 18.4 Å². The lowest BCUT2D eigenvalue weighted by atomic mass is 10.2. The summed E-state index contributed by atoms with van der Waals surface area (Å²) < 4.78 is 5.26. The maximum atomic E-state index is 11.3. The number of amides is 1. The third-order valence-electron chi connectivity index (χ3n) is 2.17. The molecule has 0 aliphatic heterocycles. The summed E-state index contributed by atoms with van der Waals surface area (Å²) in [5.74, 6) is -0.774. The highest BCUT2D eigenvalue weighted by Crippen LogP contribution is 1.98. The smallest absolute Gasteiger partial charge is 0.303 e. The van der Waals surface area contributed by atoms with Crippen molar-refractivity contribution in [2.75, 3.05) is 13.2 Å². The summed E-state index contributed by atoms with van der Waals surface area (Å²) in [4.78, 5) is 21.5. The fourth-order valence-corrected chi connectivity index (χ4v) is 1.28. The molecule has 0 spiro atoms. The highest BCUT2D eigenvalue weighted by Gasteiger charge is 2.02. The Kier molecular flexibility index (Phi) is 9.43. The molecule has 0 heterocycles. The standard InChI is InChI=1S/C12H23NO4/c1-10(2)17-9-7-11(14)13-8-5-3-4-6-12(15)16/h10H,3-9H2,1-2H3,(H,13,14)(H,15,16). The van der Waals surface area contributed by atoms with Crippen molar-refractivity contribution in [3.63, 3.8) is 0 Å². The van der Waals surface area contributed by atoms with Gasteiger partial charge in [0.25, 0.3) is 0 Å². The van der Waals surface area contributed by atoms with Gasteiger partial charge in [0.1, 0.15) is 0 Å². The number of aliphatic carboxylic acids is 1. The van der Waals surface area contributed by atoms with Crippen LogP contribution in [0, 0.1) is 0 Å². The molecular formula is C12H23NO4. The Hall–Kier alpha value is -1.10. The summed E-state index contributed by atoms with van der Waals surface area (Å²) in [5.41, 5.74) is 0. The van der Waals surface area contributed by atoms with Crippen LogP contribution in [0.2, 0.25) is 0 Å². The number of carbonyl (C=O) groups is 2. The van der Waals surface area contributed by atoms with Crippen molar-refractivity contribution in [2.45, 2.75) is 52.1 Å². The lowest BCUT2D eigenvalue weighted by Crippen LogP contribution is -2.25. The first-order valence-corrected chi connectivity index (χ1v) is 6.12. The van der Waals surface area contributed by atoms with Gasteiger partial charge in [-0.25, -0.2) is 0 Å². The van der Waals surface area contributed by atoms with Crippen molar-refractivity contribution in [2.24, 2.45) is 0 Å². The zero-order valence-corrected chi connectivity index (χ0v) is 10.7. The first-order valence-electron chi connectivity index (χ1n) is 6.12. The Labute approximate surface area is 103 Å². The number of nitrogens with one attached hydrogen (secondary N) is 1. The molecule has 0 radical (unpaired) electrons. The highest BCUT2D eigenvalue weighted by atomic mass is 16.5. The van der Waals surface area contributed by atoms with E-state index >= 15 is 0 Å². The van der Waals surface area contributed by atoms with E-state index in [0.717, 1.165) is 12.8 Å². The topological polar surface area (TPSA) is 75.6 Å². The van der Waals surface area contributed by atoms with Gasteiger partial charge in [-0.05, 0) is 26.7 Å². The fraction of sp³-hybridized carbons (Fsp3) is 0.833. The first kappa shape index (κ1) is 15.9. The minimum Gasteiger partial charge on any atom is -0.481 e. The molecule has 0 aliphatic carbocycles. The molecule has 100 valence electrons. The predicted molar refractivity (Wildman–Crippen MR) is 64.8 cm³/mol. The molecule has 0 bridgehead atoms. The number of carboxylic acid groups (broad SMARTS) is 1. The molecular weight excluding hydrogens is 222 g/mol. The summed E-state index contributed by atoms with van der Waals surface area (Å²) in [5, 5.41) is 11.2. The first-order chi connectivity index (χ1) is 8.02. The van der Waals surface area contributed by atoms with Gasteiger partial charge in [0.2, 0.25) is 5.91 Å². The van der Waals surface area contributed by atoms with Crippen LogP contribution in [0.3, 0.4) is 0 Å². The van der Waals surface area contributed by atoms with Crippen molar-refractivity contribution < 1.29 is 19.4 Å². The SMILES string of the molecule is CC(C)OCCC(=O)NCCCCCC(=O)O. The molecule has 0 saturated carbocycles. The fourth-order valence-electron chi connectivity index (χ4n) is 1.28. The van der Waals surface area contributed by atoms with Crippen LogP contribution in [0.5, 0.6) is 0 Å². The van der Waals surface area contributed by atoms with Gasteiger partial charge in [-0.1, -0.05) is 6.42 Å². The molecule has 1 amide bonds. The van der Waals surface area contributed by atoms with Crippen LogP contribution in [-0.2, 0) is 14.3 Å². The van der Waals surface area contributed by atoms with Crippen molar-refractivity contribution in [3.8, 4) is 0 Å². The molecule has 0 aromatic rings. The molecule has 5 nitrogen and oxygen atoms in total. The molecule has 0 aromatic carbocycles. The molecule has 0 rings (SSSR count). The van der Waals surface area contributed by atoms with Crippen LogP contribution < -0.4 is 5.32 Å². The van der Waals surface area contributed by atoms with E-state index in [0.29, 0.717) is 26.0 Å². The minimum absolute atomic E-state index is 0.0103. The number of ether oxygens (including phenoxy) is 1. The van der Waals surface area contributed by atoms with E-state index in [1.54, 1.807) is 0 Å². The second kappa shape index (κ2) is 10.1. The number of carboxylic acids is 1. The Morgan fingerprint density at radius 2 is 1.88 bits per heavy atom. The zero-order valence-electron chi connectivity index (χ0n) is 10.7. The molecule has 0 aliphatic rings. The maximum Gasteiger partial charge on any atom is 0.303 e. The minimum atomic E-state index is -0.764. The van der Waals surface area contributed by atoms with Crippen LogP contribution in [0.25, 0.3) is 0 Å². The molecule has 17 heavy (non-hydrogen) atoms. The largest absolute Gasteiger partial charge is 0.481 e. The van der Waals surface area contributed by atoms with Gasteiger partial charge in [-0.2, -0.15) is 0 Å². The van der Waals surface area contributed by atoms with Crippen LogP contribution in [0.1, 0.15) is 46.0 Å². The summed E-state index contributed by atoms with van der Waals surface area (Å²) in [7, 11) is 0. The van der Waals surface area contributed by atoms with E-state index in [4.69, 9.17) is 9.84 Å². The van der Waals surface area contributed by atoms with Crippen LogP contribution in [0.4, 0.5) is 0 Å². The highest BCUT2D eigenvalue weighted by molar-refractivity contribution is 5.75. The summed E-state index contributed by atoms with van der Waals surface area (Å²) >= 11 is 0. The average molecular weight is 245 g/mol. The van der Waals surface area contributed by atoms with Crippen LogP contribution in [0.15, 0.2) is 0 Å². The van der Waals surface area contributed by atoms with Gasteiger partial charge in [0.05, 0.1) is 12.7 Å². The van der Waals surface area contributed by atoms with Gasteiger partial charge in [0.15, 0.2) is 0 Å². The van der Waals surface area contributed by atoms with E-state index < -0.39 is 5.97 Å². The van der Waals surface area contributed by atoms with Crippen molar-refractivity contribution in [1.29, 1.82) is 0 Å². The van der Waals surface area contributed by atoms with Crippen LogP contribution >= 0.6 is 0 Å². The number of hydrogen-bond donors (Lipinski definition) is 2. The van der Waals surface area contributed by atoms with E-state index in [9.17, 15) is 9.59 Å². The maximum absolute atomic E-state index is 11.3. The lowest BCUT2D eigenvalue weighted by Gasteiger charge is -2.07. The second-order valence-electron chi connectivity index (χ2n) is 4.22. The number of carbonyl (C=O) groups excluding carboxylic acids is 1. The Morgan fingerprint density at radius 3 is 2.47 bits per heavy atom. The van der Waals surface area contributed by atoms with Gasteiger partial charge in [-0.15, -0.1) is 0 Å². The third-order valence-corrected chi connectivity index (χ3v) is 2.17. The van der Waals surface area contributed by atoms with Crippen molar-refractivity contribution in [1.82, 2.24) is 5.32 Å². The van der Waals surface area contributed by atoms with E-state index in [1.165, 1.54) is 0 Å². The summed E-state index contributed by atoms with van der Waals surface area (Å²) in [6.45, 7) is 4.92. The van der Waals surface area contributed by atoms with Crippen molar-refractivity contribution >= 4 is 11.9 Å². The van der Waals surface area contributed by atoms with Gasteiger partial charge in [0, 0.05) is 19.4 Å². The van der Waals surface area contributed by atoms with Gasteiger partial charge >= 0.3 is 5.97 Å². The van der Waals surface area contributed by atoms with E-state index in [2.05, 4.69) is 5.32 Å². The normalized spacial score (nSPS) is 10.5. The Bertz CT molecular complexity index is 229. The van der Waals surface area contributed by atoms with Gasteiger partial charge < -0.3 is 15.2 Å². The predicted octanol–water partition coefficient (Wildman–Crippen LogP) is 1.56. The number of rotatable bonds is 10. The van der Waals surface area contributed by atoms with Gasteiger partial charge in [-0.3, -0.25) is 9.59 Å². The molecule has 0 aromatic heterocycles. The molecule has 0 saturated heterocycles. The van der Waals surface area contributed by atoms with Crippen LogP contribution in [-0.4, -0.2) is 36.2 Å². The molecule has 0 fully saturated rings. The third kappa shape index (κ3) is 12.8. The molecule has 0 atom stereocenters. The lowest BCUT2D eigenvalue weighted by molar-refractivity contribution is -0.137.